The molecule has 0 radical (unpaired) electrons. The number of hydrogen-bond donors (Lipinski definition) is 0. The van der Waals surface area contributed by atoms with Crippen LogP contribution in [-0.4, -0.2) is 32.4 Å². The Hall–Kier alpha value is 0.719. The van der Waals surface area contributed by atoms with Crippen molar-refractivity contribution in [1.82, 2.24) is 0 Å². The average Bonchev–Trinajstić information content (AvgIpc) is 2.06. The molecule has 0 aromatic carbocycles. The van der Waals surface area contributed by atoms with Crippen molar-refractivity contribution in [2.45, 2.75) is 29.1 Å². The molecule has 10 heavy (non-hydrogen) atoms. The molecule has 1 aliphatic rings. The van der Waals surface area contributed by atoms with Crippen LogP contribution in [0.3, 0.4) is 0 Å². The molecule has 1 saturated heterocycles. The quantitative estimate of drug-likeness (QED) is 0.698. The Bertz CT molecular complexity index is 93.8. The van der Waals surface area contributed by atoms with Gasteiger partial charge in [0.2, 0.25) is 0 Å². The summed E-state index contributed by atoms with van der Waals surface area (Å²) >= 11 is -2.34. The van der Waals surface area contributed by atoms with Crippen molar-refractivity contribution < 1.29 is 6.15 Å². The van der Waals surface area contributed by atoms with Crippen LogP contribution < -0.4 is 0 Å². The molecule has 0 aromatic heterocycles. The van der Waals surface area contributed by atoms with Gasteiger partial charge in [-0.25, -0.2) is 0 Å². The first kappa shape index (κ1) is 8.81. The van der Waals surface area contributed by atoms with Crippen LogP contribution >= 0.6 is 0 Å². The van der Waals surface area contributed by atoms with Gasteiger partial charge in [0.25, 0.3) is 0 Å². The zero-order valence-electron chi connectivity index (χ0n) is 6.85. The molecule has 0 N–H and O–H groups in total. The van der Waals surface area contributed by atoms with Crippen LogP contribution in [0.2, 0.25) is 8.87 Å². The molecular weight excluding hydrogens is 235 g/mol. The average molecular weight is 251 g/mol. The maximum atomic E-state index is 5.75. The van der Waals surface area contributed by atoms with Gasteiger partial charge in [-0.3, -0.25) is 0 Å². The van der Waals surface area contributed by atoms with Gasteiger partial charge in [0, 0.05) is 0 Å². The predicted molar refractivity (Wildman–Crippen MR) is 43.2 cm³/mol. The Morgan fingerprint density at radius 1 is 1.10 bits per heavy atom. The van der Waals surface area contributed by atoms with Gasteiger partial charge >= 0.3 is 67.7 Å². The third kappa shape index (κ3) is 1.86. The van der Waals surface area contributed by atoms with E-state index in [4.69, 9.17) is 6.15 Å². The van der Waals surface area contributed by atoms with Gasteiger partial charge in [0.05, 0.1) is 0 Å². The minimum absolute atomic E-state index is 0.956. The maximum absolute atomic E-state index is 5.75. The van der Waals surface area contributed by atoms with E-state index in [1.54, 1.807) is 0 Å². The van der Waals surface area contributed by atoms with E-state index < -0.39 is 19.2 Å². The molecule has 1 rings (SSSR count). The van der Waals surface area contributed by atoms with E-state index >= 15 is 0 Å². The van der Waals surface area contributed by atoms with Crippen LogP contribution in [-0.2, 0) is 6.15 Å². The van der Waals surface area contributed by atoms with Gasteiger partial charge in [-0.05, 0) is 0 Å². The van der Waals surface area contributed by atoms with E-state index in [9.17, 15) is 0 Å². The molecule has 0 atom stereocenters. The van der Waals surface area contributed by atoms with E-state index in [0.717, 1.165) is 19.6 Å². The molecule has 0 aliphatic carbocycles. The summed E-state index contributed by atoms with van der Waals surface area (Å²) in [5, 5.41) is 0. The van der Waals surface area contributed by atoms with Gasteiger partial charge in [-0.15, -0.1) is 0 Å². The molecule has 1 aliphatic heterocycles. The van der Waals surface area contributed by atoms with E-state index in [0.29, 0.717) is 0 Å². The molecule has 0 saturated carbocycles. The van der Waals surface area contributed by atoms with E-state index in [1.807, 2.05) is 0 Å². The van der Waals surface area contributed by atoms with Crippen molar-refractivity contribution in [2.75, 3.05) is 13.2 Å². The molecular formula is C7H16O2Sn. The molecule has 2 nitrogen and oxygen atoms in total. The summed E-state index contributed by atoms with van der Waals surface area (Å²) in [6, 6.07) is 0. The van der Waals surface area contributed by atoms with Gasteiger partial charge in [0.1, 0.15) is 0 Å². The van der Waals surface area contributed by atoms with E-state index in [1.165, 1.54) is 8.87 Å². The zero-order valence-corrected chi connectivity index (χ0v) is 9.71. The van der Waals surface area contributed by atoms with Gasteiger partial charge < -0.3 is 0 Å². The molecule has 0 spiro atoms. The summed E-state index contributed by atoms with van der Waals surface area (Å²) in [7, 11) is 0. The van der Waals surface area contributed by atoms with Crippen LogP contribution in [0.4, 0.5) is 0 Å². The van der Waals surface area contributed by atoms with Crippen LogP contribution in [0.25, 0.3) is 0 Å². The Labute approximate surface area is 67.9 Å². The third-order valence-electron chi connectivity index (χ3n) is 2.10. The molecule has 3 heteroatoms. The molecule has 0 unspecified atom stereocenters. The topological polar surface area (TPSA) is 18.5 Å². The van der Waals surface area contributed by atoms with Gasteiger partial charge in [0.15, 0.2) is 0 Å². The predicted octanol–water partition coefficient (Wildman–Crippen LogP) is 1.91. The first-order valence-electron chi connectivity index (χ1n) is 4.11. The molecule has 60 valence electrons. The molecule has 0 amide bonds. The summed E-state index contributed by atoms with van der Waals surface area (Å²) in [5.74, 6) is 0. The van der Waals surface area contributed by atoms with Crippen molar-refractivity contribution in [1.29, 1.82) is 0 Å². The Morgan fingerprint density at radius 2 is 1.60 bits per heavy atom. The summed E-state index contributed by atoms with van der Waals surface area (Å²) in [6.45, 7) is 6.31. The summed E-state index contributed by atoms with van der Waals surface area (Å²) in [4.78, 5) is 0. The molecule has 0 aromatic rings. The summed E-state index contributed by atoms with van der Waals surface area (Å²) < 4.78 is 13.8. The van der Waals surface area contributed by atoms with Crippen molar-refractivity contribution in [3.63, 3.8) is 0 Å². The fourth-order valence-corrected chi connectivity index (χ4v) is 8.22. The summed E-state index contributed by atoms with van der Waals surface area (Å²) in [6.07, 6.45) is 1.10. The van der Waals surface area contributed by atoms with Crippen molar-refractivity contribution in [2.24, 2.45) is 0 Å². The van der Waals surface area contributed by atoms with Crippen LogP contribution in [0.15, 0.2) is 0 Å². The monoisotopic (exact) mass is 252 g/mol. The Kier molecular flexibility index (Phi) is 3.46. The van der Waals surface area contributed by atoms with Crippen molar-refractivity contribution >= 4 is 19.2 Å². The molecule has 1 fully saturated rings. The van der Waals surface area contributed by atoms with Crippen LogP contribution in [0.1, 0.15) is 20.3 Å². The normalized spacial score (nSPS) is 24.6. The fraction of sp³-hybridized carbons (Fsp3) is 1.00. The van der Waals surface area contributed by atoms with Gasteiger partial charge in [-0.1, -0.05) is 0 Å². The van der Waals surface area contributed by atoms with Crippen molar-refractivity contribution in [3.05, 3.63) is 0 Å². The first-order chi connectivity index (χ1) is 4.83. The second kappa shape index (κ2) is 3.93. The van der Waals surface area contributed by atoms with E-state index in [2.05, 4.69) is 13.8 Å². The first-order valence-corrected chi connectivity index (χ1v) is 10.5. The van der Waals surface area contributed by atoms with Crippen LogP contribution in [0.5, 0.6) is 0 Å². The Balaban J connectivity index is 2.44. The second-order valence-electron chi connectivity index (χ2n) is 2.67. The number of rotatable bonds is 2. The van der Waals surface area contributed by atoms with Gasteiger partial charge in [-0.2, -0.15) is 0 Å². The minimum atomic E-state index is -2.34. The third-order valence-corrected chi connectivity index (χ3v) is 12.4. The zero-order chi connectivity index (χ0) is 7.45. The second-order valence-corrected chi connectivity index (χ2v) is 13.6. The standard InChI is InChI=1S/C3H6O2.2C2H5.Sn/c4-2-1-3-5;2*1-2;/h1-3H2;2*1H2,2H3;/q-2;;;+2. The Morgan fingerprint density at radius 3 is 1.90 bits per heavy atom. The molecule has 1 heterocycles. The van der Waals surface area contributed by atoms with Crippen LogP contribution in [0, 0.1) is 0 Å². The van der Waals surface area contributed by atoms with Crippen molar-refractivity contribution in [3.8, 4) is 0 Å². The summed E-state index contributed by atoms with van der Waals surface area (Å²) in [5.41, 5.74) is 0. The molecule has 0 bridgehead atoms. The SMILES string of the molecule is C[CH2][Sn]1([CH2]C)[O]CCC[O]1. The number of hydrogen-bond acceptors (Lipinski definition) is 2. The fourth-order valence-electron chi connectivity index (χ4n) is 1.28. The van der Waals surface area contributed by atoms with E-state index in [-0.39, 0.29) is 0 Å².